The molecule has 3 aliphatic heterocycles. The van der Waals surface area contributed by atoms with Crippen LogP contribution in [0.1, 0.15) is 50.6 Å². The number of allylic oxidation sites excluding steroid dienone is 1. The molecule has 2 aromatic heterocycles. The van der Waals surface area contributed by atoms with Crippen LogP contribution in [0.25, 0.3) is 16.7 Å². The predicted molar refractivity (Wildman–Crippen MR) is 161 cm³/mol. The van der Waals surface area contributed by atoms with Crippen LogP contribution in [0.3, 0.4) is 0 Å². The van der Waals surface area contributed by atoms with Crippen LogP contribution in [0.2, 0.25) is 0 Å². The van der Waals surface area contributed by atoms with E-state index in [1.165, 1.54) is 0 Å². The number of fused-ring (bicyclic) bond motifs is 3. The number of aliphatic hydroxyl groups excluding tert-OH is 1. The molecule has 42 heavy (non-hydrogen) atoms. The number of rotatable bonds is 7. The zero-order valence-corrected chi connectivity index (χ0v) is 24.4. The highest BCUT2D eigenvalue weighted by Crippen LogP contribution is 2.31. The smallest absolute Gasteiger partial charge is 0.231 e. The van der Waals surface area contributed by atoms with Crippen molar-refractivity contribution in [3.05, 3.63) is 59.7 Å². The minimum absolute atomic E-state index is 0.138. The minimum Gasteiger partial charge on any atom is -0.373 e. The van der Waals surface area contributed by atoms with Gasteiger partial charge >= 0.3 is 0 Å². The number of hydrogen-bond donors (Lipinski definition) is 3. The predicted octanol–water partition coefficient (Wildman–Crippen LogP) is 3.08. The van der Waals surface area contributed by atoms with Gasteiger partial charge in [0, 0.05) is 48.7 Å². The number of anilines is 1. The number of hydrogen-bond acceptors (Lipinski definition) is 9. The van der Waals surface area contributed by atoms with Gasteiger partial charge in [0.15, 0.2) is 0 Å². The van der Waals surface area contributed by atoms with Gasteiger partial charge in [-0.2, -0.15) is 10.2 Å². The molecule has 5 heterocycles. The molecule has 0 radical (unpaired) electrons. The lowest BCUT2D eigenvalue weighted by molar-refractivity contribution is -0.134. The molecule has 2 fully saturated rings. The fraction of sp³-hybridized carbons (Fsp3) is 0.452. The van der Waals surface area contributed by atoms with E-state index in [4.69, 9.17) is 4.98 Å². The number of aliphatic hydroxyl groups is 1. The SMILES string of the molecule is CN(C)C(O)c1cc2cnc(NC3=CCC(C(=O)N4CC5CCC(C4)N5)C=N3)nc2n1-c1ccc(C(C)(C)C#N)cc1. The van der Waals surface area contributed by atoms with Crippen molar-refractivity contribution >= 4 is 29.1 Å². The Morgan fingerprint density at radius 2 is 1.93 bits per heavy atom. The van der Waals surface area contributed by atoms with Crippen molar-refractivity contribution in [3.8, 4) is 11.8 Å². The normalized spacial score (nSPS) is 22.7. The Balaban J connectivity index is 1.24. The van der Waals surface area contributed by atoms with Crippen LogP contribution >= 0.6 is 0 Å². The summed E-state index contributed by atoms with van der Waals surface area (Å²) in [7, 11) is 3.61. The summed E-state index contributed by atoms with van der Waals surface area (Å²) in [4.78, 5) is 30.7. The first-order valence-corrected chi connectivity index (χ1v) is 14.4. The molecule has 0 spiro atoms. The molecule has 1 aromatic carbocycles. The lowest BCUT2D eigenvalue weighted by atomic mass is 9.86. The van der Waals surface area contributed by atoms with Gasteiger partial charge in [-0.15, -0.1) is 0 Å². The standard InChI is InChI=1S/C31H37N9O2/c1-31(2,18-32)21-6-10-24(11-7-21)40-25(29(42)38(3)4)13-20-15-34-30(37-27(20)40)36-26-12-5-19(14-33-26)28(41)39-16-22-8-9-23(17-39)35-22/h6-7,10-15,19,22-23,29,35,42H,5,8-9,16-17H2,1-4H3,(H,34,36,37). The van der Waals surface area contributed by atoms with Gasteiger partial charge in [0.25, 0.3) is 0 Å². The number of aromatic nitrogens is 3. The topological polar surface area (TPSA) is 135 Å². The average molecular weight is 568 g/mol. The molecule has 3 N–H and O–H groups in total. The van der Waals surface area contributed by atoms with Crippen molar-refractivity contribution in [1.29, 1.82) is 5.26 Å². The van der Waals surface area contributed by atoms with E-state index in [9.17, 15) is 15.2 Å². The third kappa shape index (κ3) is 5.29. The summed E-state index contributed by atoms with van der Waals surface area (Å²) in [6, 6.07) is 12.8. The number of likely N-dealkylation sites (tertiary alicyclic amines) is 1. The van der Waals surface area contributed by atoms with Crippen LogP contribution in [0.4, 0.5) is 5.95 Å². The summed E-state index contributed by atoms with van der Waals surface area (Å²) in [5.74, 6) is 0.826. The first kappa shape index (κ1) is 28.0. The van der Waals surface area contributed by atoms with Gasteiger partial charge in [-0.25, -0.2) is 9.98 Å². The molecule has 0 aliphatic carbocycles. The maximum Gasteiger partial charge on any atom is 0.231 e. The van der Waals surface area contributed by atoms with E-state index in [0.717, 1.165) is 42.6 Å². The number of amides is 1. The summed E-state index contributed by atoms with van der Waals surface area (Å²) >= 11 is 0. The lowest BCUT2D eigenvalue weighted by Crippen LogP contribution is -2.54. The maximum atomic E-state index is 13.1. The van der Waals surface area contributed by atoms with Gasteiger partial charge in [-0.1, -0.05) is 12.1 Å². The molecular formula is C31H37N9O2. The molecule has 11 heteroatoms. The number of nitriles is 1. The van der Waals surface area contributed by atoms with Gasteiger partial charge in [0.1, 0.15) is 17.7 Å². The highest BCUT2D eigenvalue weighted by atomic mass is 16.3. The number of nitrogens with one attached hydrogen (secondary N) is 2. The van der Waals surface area contributed by atoms with E-state index in [2.05, 4.69) is 26.7 Å². The van der Waals surface area contributed by atoms with E-state index >= 15 is 0 Å². The monoisotopic (exact) mass is 567 g/mol. The Kier molecular flexibility index (Phi) is 7.30. The summed E-state index contributed by atoms with van der Waals surface area (Å²) in [5.41, 5.74) is 2.36. The van der Waals surface area contributed by atoms with E-state index < -0.39 is 11.6 Å². The molecule has 11 nitrogen and oxygen atoms in total. The molecule has 1 amide bonds. The molecule has 0 saturated carbocycles. The Bertz CT molecular complexity index is 1590. The third-order valence-corrected chi connectivity index (χ3v) is 8.49. The second-order valence-corrected chi connectivity index (χ2v) is 12.2. The number of piperazine rings is 1. The highest BCUT2D eigenvalue weighted by molar-refractivity contribution is 5.94. The number of benzene rings is 1. The molecule has 218 valence electrons. The summed E-state index contributed by atoms with van der Waals surface area (Å²) in [5, 5.41) is 28.1. The highest BCUT2D eigenvalue weighted by Gasteiger charge is 2.36. The van der Waals surface area contributed by atoms with Crippen molar-refractivity contribution in [3.63, 3.8) is 0 Å². The Morgan fingerprint density at radius 3 is 2.55 bits per heavy atom. The van der Waals surface area contributed by atoms with E-state index in [0.29, 0.717) is 41.6 Å². The molecule has 2 bridgehead atoms. The van der Waals surface area contributed by atoms with Gasteiger partial charge in [-0.3, -0.25) is 14.3 Å². The molecular weight excluding hydrogens is 530 g/mol. The quantitative estimate of drug-likeness (QED) is 0.371. The van der Waals surface area contributed by atoms with Crippen LogP contribution in [0, 0.1) is 17.2 Å². The molecule has 6 rings (SSSR count). The Hall–Kier alpha value is -4.11. The van der Waals surface area contributed by atoms with Crippen LogP contribution in [-0.4, -0.2) is 80.8 Å². The average Bonchev–Trinajstić information content (AvgIpc) is 3.55. The molecule has 3 aliphatic rings. The number of carbonyl (C=O) groups is 1. The first-order valence-electron chi connectivity index (χ1n) is 14.4. The van der Waals surface area contributed by atoms with Crippen LogP contribution in [-0.2, 0) is 10.2 Å². The van der Waals surface area contributed by atoms with Crippen LogP contribution in [0.5, 0.6) is 0 Å². The fourth-order valence-corrected chi connectivity index (χ4v) is 5.98. The van der Waals surface area contributed by atoms with Gasteiger partial charge in [0.05, 0.1) is 23.1 Å². The van der Waals surface area contributed by atoms with E-state index in [1.807, 2.05) is 73.8 Å². The Labute approximate surface area is 245 Å². The Morgan fingerprint density at radius 1 is 1.21 bits per heavy atom. The number of nitrogens with zero attached hydrogens (tertiary/aromatic N) is 7. The van der Waals surface area contributed by atoms with Gasteiger partial charge < -0.3 is 20.6 Å². The second-order valence-electron chi connectivity index (χ2n) is 12.2. The second kappa shape index (κ2) is 10.9. The third-order valence-electron chi connectivity index (χ3n) is 8.49. The van der Waals surface area contributed by atoms with Crippen molar-refractivity contribution in [2.75, 3.05) is 32.5 Å². The summed E-state index contributed by atoms with van der Waals surface area (Å²) in [6.07, 6.45) is 7.32. The fourth-order valence-electron chi connectivity index (χ4n) is 5.98. The number of aliphatic imine (C=N–C) groups is 1. The van der Waals surface area contributed by atoms with Crippen LogP contribution in [0.15, 0.2) is 53.4 Å². The van der Waals surface area contributed by atoms with Crippen molar-refractivity contribution in [1.82, 2.24) is 29.7 Å². The molecule has 4 unspecified atom stereocenters. The minimum atomic E-state index is -0.878. The van der Waals surface area contributed by atoms with Gasteiger partial charge in [0.2, 0.25) is 11.9 Å². The van der Waals surface area contributed by atoms with Crippen LogP contribution < -0.4 is 10.6 Å². The zero-order chi connectivity index (χ0) is 29.6. The lowest BCUT2D eigenvalue weighted by Gasteiger charge is -2.34. The summed E-state index contributed by atoms with van der Waals surface area (Å²) < 4.78 is 1.91. The van der Waals surface area contributed by atoms with Gasteiger partial charge in [-0.05, 0) is 77.0 Å². The maximum absolute atomic E-state index is 13.1. The van der Waals surface area contributed by atoms with E-state index in [-0.39, 0.29) is 11.8 Å². The zero-order valence-electron chi connectivity index (χ0n) is 24.4. The molecule has 2 saturated heterocycles. The molecule has 3 aromatic rings. The van der Waals surface area contributed by atoms with E-state index in [1.54, 1.807) is 17.3 Å². The largest absolute Gasteiger partial charge is 0.373 e. The van der Waals surface area contributed by atoms with Crippen molar-refractivity contribution in [2.24, 2.45) is 10.9 Å². The van der Waals surface area contributed by atoms with Crippen molar-refractivity contribution in [2.45, 2.75) is 56.8 Å². The number of carbonyl (C=O) groups excluding carboxylic acids is 1. The first-order chi connectivity index (χ1) is 20.1. The summed E-state index contributed by atoms with van der Waals surface area (Å²) in [6.45, 7) is 5.31. The van der Waals surface area contributed by atoms with Crippen molar-refractivity contribution < 1.29 is 9.90 Å². The molecule has 4 atom stereocenters.